The van der Waals surface area contributed by atoms with Crippen LogP contribution in [0.1, 0.15) is 27.8 Å². The highest BCUT2D eigenvalue weighted by molar-refractivity contribution is 5.76. The third kappa shape index (κ3) is 6.52. The van der Waals surface area contributed by atoms with Crippen molar-refractivity contribution in [3.05, 3.63) is 106 Å². The minimum atomic E-state index is -5.12. The lowest BCUT2D eigenvalue weighted by Gasteiger charge is -2.37. The number of aryl methyl sites for hydroxylation is 1. The number of benzene rings is 3. The average molecular weight is 516 g/mol. The first-order chi connectivity index (χ1) is 16.7. The molecule has 3 aromatic carbocycles. The van der Waals surface area contributed by atoms with Crippen molar-refractivity contribution in [2.45, 2.75) is 31.2 Å². The van der Waals surface area contributed by atoms with Gasteiger partial charge in [-0.15, -0.1) is 0 Å². The Labute approximate surface area is 201 Å². The smallest absolute Gasteiger partial charge is 0.329 e. The molecule has 11 heteroatoms. The standard InChI is InChI=1S/C25H20F8N2O/c1-15-9-18(11-19(26)10-15)23(13-16-5-3-2-4-6-16,35-22(36)34-14-24(28,29)30)17-7-8-21(27)20(12-17)25(31,32)33/h2-12H,13-14H2,1H3,(H2,34,35,36)/t23-/m1/s1. The van der Waals surface area contributed by atoms with Crippen LogP contribution in [0.5, 0.6) is 0 Å². The number of nitrogens with one attached hydrogen (secondary N) is 2. The second-order valence-electron chi connectivity index (χ2n) is 8.20. The summed E-state index contributed by atoms with van der Waals surface area (Å²) in [4.78, 5) is 12.6. The van der Waals surface area contributed by atoms with Gasteiger partial charge in [-0.2, -0.15) is 26.3 Å². The van der Waals surface area contributed by atoms with Gasteiger partial charge in [0, 0.05) is 6.42 Å². The molecule has 0 saturated carbocycles. The summed E-state index contributed by atoms with van der Waals surface area (Å²) in [5.74, 6) is -2.38. The first-order valence-electron chi connectivity index (χ1n) is 10.5. The molecule has 0 heterocycles. The van der Waals surface area contributed by atoms with E-state index in [9.17, 15) is 39.9 Å². The van der Waals surface area contributed by atoms with Gasteiger partial charge in [-0.1, -0.05) is 42.5 Å². The van der Waals surface area contributed by atoms with Crippen molar-refractivity contribution < 1.29 is 39.9 Å². The Hall–Kier alpha value is -3.63. The largest absolute Gasteiger partial charge is 0.419 e. The Morgan fingerprint density at radius 3 is 2.08 bits per heavy atom. The fraction of sp³-hybridized carbons (Fsp3) is 0.240. The van der Waals surface area contributed by atoms with Gasteiger partial charge in [0.15, 0.2) is 0 Å². The summed E-state index contributed by atoms with van der Waals surface area (Å²) in [6, 6.07) is 12.1. The van der Waals surface area contributed by atoms with E-state index in [1.807, 2.05) is 0 Å². The van der Waals surface area contributed by atoms with Gasteiger partial charge in [-0.3, -0.25) is 0 Å². The van der Waals surface area contributed by atoms with E-state index in [-0.39, 0.29) is 17.5 Å². The fourth-order valence-electron chi connectivity index (χ4n) is 3.87. The zero-order valence-electron chi connectivity index (χ0n) is 18.7. The van der Waals surface area contributed by atoms with Crippen LogP contribution in [0.25, 0.3) is 0 Å². The van der Waals surface area contributed by atoms with Crippen LogP contribution in [-0.4, -0.2) is 18.8 Å². The van der Waals surface area contributed by atoms with Crippen molar-refractivity contribution in [3.63, 3.8) is 0 Å². The van der Waals surface area contributed by atoms with Crippen molar-refractivity contribution in [1.82, 2.24) is 10.6 Å². The van der Waals surface area contributed by atoms with E-state index in [1.54, 1.807) is 35.6 Å². The molecule has 2 N–H and O–H groups in total. The Bertz CT molecular complexity index is 1200. The molecule has 0 fully saturated rings. The molecular formula is C25H20F8N2O. The molecule has 0 radical (unpaired) electrons. The van der Waals surface area contributed by atoms with Gasteiger partial charge in [0.05, 0.1) is 11.1 Å². The number of hydrogen-bond acceptors (Lipinski definition) is 1. The predicted molar refractivity (Wildman–Crippen MR) is 116 cm³/mol. The normalized spacial score (nSPS) is 13.7. The molecule has 0 aliphatic heterocycles. The van der Waals surface area contributed by atoms with E-state index < -0.39 is 47.7 Å². The third-order valence-corrected chi connectivity index (χ3v) is 5.39. The molecule has 0 unspecified atom stereocenters. The summed E-state index contributed by atoms with van der Waals surface area (Å²) < 4.78 is 107. The van der Waals surface area contributed by atoms with Crippen LogP contribution in [0.4, 0.5) is 39.9 Å². The average Bonchev–Trinajstić information content (AvgIpc) is 2.76. The summed E-state index contributed by atoms with van der Waals surface area (Å²) in [6.07, 6.45) is -10.2. The van der Waals surface area contributed by atoms with E-state index >= 15 is 0 Å². The minimum absolute atomic E-state index is 0.0502. The van der Waals surface area contributed by atoms with Crippen LogP contribution in [-0.2, 0) is 18.1 Å². The number of alkyl halides is 6. The van der Waals surface area contributed by atoms with Crippen LogP contribution in [0.15, 0.2) is 66.7 Å². The maximum absolute atomic E-state index is 14.5. The maximum Gasteiger partial charge on any atom is 0.419 e. The number of urea groups is 1. The number of amides is 2. The van der Waals surface area contributed by atoms with Crippen LogP contribution < -0.4 is 10.6 Å². The molecule has 3 rings (SSSR count). The highest BCUT2D eigenvalue weighted by atomic mass is 19.4. The zero-order chi connectivity index (χ0) is 26.7. The summed E-state index contributed by atoms with van der Waals surface area (Å²) in [7, 11) is 0. The molecule has 0 aliphatic carbocycles. The summed E-state index contributed by atoms with van der Waals surface area (Å²) >= 11 is 0. The lowest BCUT2D eigenvalue weighted by Crippen LogP contribution is -2.53. The molecule has 2 amide bonds. The first kappa shape index (κ1) is 27.0. The van der Waals surface area contributed by atoms with Gasteiger partial charge in [0.25, 0.3) is 0 Å². The van der Waals surface area contributed by atoms with E-state index in [2.05, 4.69) is 5.32 Å². The van der Waals surface area contributed by atoms with Crippen LogP contribution in [0.2, 0.25) is 0 Å². The van der Waals surface area contributed by atoms with Gasteiger partial charge in [0.1, 0.15) is 18.2 Å². The van der Waals surface area contributed by atoms with E-state index in [0.29, 0.717) is 23.3 Å². The zero-order valence-corrected chi connectivity index (χ0v) is 18.7. The minimum Gasteiger partial charge on any atom is -0.329 e. The molecule has 0 bridgehead atoms. The van der Waals surface area contributed by atoms with Crippen molar-refractivity contribution in [2.24, 2.45) is 0 Å². The van der Waals surface area contributed by atoms with Gasteiger partial charge in [0.2, 0.25) is 0 Å². The Balaban J connectivity index is 2.28. The number of carbonyl (C=O) groups excluding carboxylic acids is 1. The second-order valence-corrected chi connectivity index (χ2v) is 8.20. The highest BCUT2D eigenvalue weighted by Gasteiger charge is 2.41. The molecule has 0 saturated heterocycles. The highest BCUT2D eigenvalue weighted by Crippen LogP contribution is 2.39. The number of hydrogen-bond donors (Lipinski definition) is 2. The third-order valence-electron chi connectivity index (χ3n) is 5.39. The summed E-state index contributed by atoms with van der Waals surface area (Å²) in [6.45, 7) is -0.227. The predicted octanol–water partition coefficient (Wildman–Crippen LogP) is 6.64. The van der Waals surface area contributed by atoms with Crippen LogP contribution in [0, 0.1) is 18.6 Å². The SMILES string of the molecule is Cc1cc(F)cc([C@](Cc2ccccc2)(NC(=O)NCC(F)(F)F)c2ccc(F)c(C(F)(F)F)c2)c1. The van der Waals surface area contributed by atoms with Gasteiger partial charge < -0.3 is 10.6 Å². The number of rotatable bonds is 6. The maximum atomic E-state index is 14.5. The Morgan fingerprint density at radius 1 is 0.833 bits per heavy atom. The molecule has 192 valence electrons. The van der Waals surface area contributed by atoms with E-state index in [0.717, 1.165) is 18.2 Å². The van der Waals surface area contributed by atoms with Gasteiger partial charge >= 0.3 is 18.4 Å². The molecule has 0 aliphatic rings. The second kappa shape index (κ2) is 10.2. The summed E-state index contributed by atoms with van der Waals surface area (Å²) in [5.41, 5.74) is -3.25. The fourth-order valence-corrected chi connectivity index (χ4v) is 3.87. The molecule has 3 nitrogen and oxygen atoms in total. The quantitative estimate of drug-likeness (QED) is 0.355. The molecule has 36 heavy (non-hydrogen) atoms. The van der Waals surface area contributed by atoms with Gasteiger partial charge in [-0.05, 0) is 53.4 Å². The number of carbonyl (C=O) groups is 1. The van der Waals surface area contributed by atoms with Crippen LogP contribution in [0.3, 0.4) is 0 Å². The van der Waals surface area contributed by atoms with E-state index in [1.165, 1.54) is 13.0 Å². The van der Waals surface area contributed by atoms with Crippen LogP contribution >= 0.6 is 0 Å². The van der Waals surface area contributed by atoms with Crippen molar-refractivity contribution in [3.8, 4) is 0 Å². The molecule has 0 aromatic heterocycles. The lowest BCUT2D eigenvalue weighted by atomic mass is 9.77. The number of halogens is 8. The van der Waals surface area contributed by atoms with Crippen molar-refractivity contribution in [2.75, 3.05) is 6.54 Å². The lowest BCUT2D eigenvalue weighted by molar-refractivity contribution is -0.140. The van der Waals surface area contributed by atoms with Crippen molar-refractivity contribution in [1.29, 1.82) is 0 Å². The molecule has 3 aromatic rings. The first-order valence-corrected chi connectivity index (χ1v) is 10.5. The van der Waals surface area contributed by atoms with Gasteiger partial charge in [-0.25, -0.2) is 13.6 Å². The monoisotopic (exact) mass is 516 g/mol. The summed E-state index contributed by atoms with van der Waals surface area (Å²) in [5, 5.41) is 3.95. The Morgan fingerprint density at radius 2 is 1.50 bits per heavy atom. The Kier molecular flexibility index (Phi) is 7.61. The molecule has 0 spiro atoms. The topological polar surface area (TPSA) is 41.1 Å². The molecular weight excluding hydrogens is 496 g/mol. The molecule has 1 atom stereocenters. The van der Waals surface area contributed by atoms with Crippen molar-refractivity contribution >= 4 is 6.03 Å². The van der Waals surface area contributed by atoms with E-state index in [4.69, 9.17) is 0 Å².